The number of oxazole rings is 1. The van der Waals surface area contributed by atoms with E-state index in [1.807, 2.05) is 0 Å². The summed E-state index contributed by atoms with van der Waals surface area (Å²) < 4.78 is 32.5. The highest BCUT2D eigenvalue weighted by molar-refractivity contribution is 7.92. The Morgan fingerprint density at radius 3 is 2.88 bits per heavy atom. The van der Waals surface area contributed by atoms with E-state index in [-0.39, 0.29) is 5.75 Å². The Labute approximate surface area is 142 Å². The van der Waals surface area contributed by atoms with Crippen LogP contribution in [0.2, 0.25) is 0 Å². The van der Waals surface area contributed by atoms with Crippen molar-refractivity contribution in [1.29, 1.82) is 0 Å². The van der Waals surface area contributed by atoms with Gasteiger partial charge < -0.3 is 4.42 Å². The number of allylic oxidation sites excluding steroid dienone is 1. The summed E-state index contributed by atoms with van der Waals surface area (Å²) >= 11 is 0. The molecule has 2 heterocycles. The van der Waals surface area contributed by atoms with Crippen LogP contribution in [0.25, 0.3) is 11.1 Å². The number of benzene rings is 1. The van der Waals surface area contributed by atoms with Crippen LogP contribution in [0.3, 0.4) is 0 Å². The Morgan fingerprint density at radius 2 is 2.12 bits per heavy atom. The van der Waals surface area contributed by atoms with Crippen LogP contribution in [-0.4, -0.2) is 37.1 Å². The smallest absolute Gasteiger partial charge is 0.232 e. The van der Waals surface area contributed by atoms with Gasteiger partial charge in [-0.2, -0.15) is 0 Å². The average molecular weight is 349 g/mol. The fraction of sp³-hybridized carbons (Fsp3) is 0.471. The third kappa shape index (κ3) is 4.36. The van der Waals surface area contributed by atoms with Gasteiger partial charge in [-0.15, -0.1) is 6.58 Å². The second kappa shape index (κ2) is 7.36. The largest absolute Gasteiger partial charge is 0.439 e. The maximum atomic E-state index is 12.1. The topological polar surface area (TPSA) is 75.4 Å². The first-order chi connectivity index (χ1) is 11.6. The second-order valence-corrected chi connectivity index (χ2v) is 7.97. The second-order valence-electron chi connectivity index (χ2n) is 6.13. The molecule has 3 rings (SSSR count). The van der Waals surface area contributed by atoms with Crippen LogP contribution in [-0.2, 0) is 16.6 Å². The Morgan fingerprint density at radius 1 is 1.33 bits per heavy atom. The van der Waals surface area contributed by atoms with Crippen molar-refractivity contribution >= 4 is 26.8 Å². The van der Waals surface area contributed by atoms with Gasteiger partial charge in [0.2, 0.25) is 15.9 Å². The van der Waals surface area contributed by atoms with E-state index in [1.54, 1.807) is 24.3 Å². The van der Waals surface area contributed by atoms with Gasteiger partial charge in [0, 0.05) is 0 Å². The zero-order valence-electron chi connectivity index (χ0n) is 13.7. The molecular formula is C17H23N3O3S. The molecule has 6 nitrogen and oxygen atoms in total. The van der Waals surface area contributed by atoms with Crippen LogP contribution < -0.4 is 4.72 Å². The minimum Gasteiger partial charge on any atom is -0.439 e. The number of rotatable bonds is 8. The number of hydrogen-bond acceptors (Lipinski definition) is 5. The van der Waals surface area contributed by atoms with Gasteiger partial charge in [0.05, 0.1) is 18.0 Å². The van der Waals surface area contributed by atoms with E-state index in [9.17, 15) is 8.42 Å². The van der Waals surface area contributed by atoms with Crippen LogP contribution in [0.15, 0.2) is 35.3 Å². The number of anilines is 1. The normalized spacial score (nSPS) is 15.8. The first-order valence-corrected chi connectivity index (χ1v) is 9.94. The number of likely N-dealkylation sites (tertiary alicyclic amines) is 1. The number of hydrogen-bond donors (Lipinski definition) is 1. The van der Waals surface area contributed by atoms with Crippen LogP contribution >= 0.6 is 0 Å². The zero-order valence-corrected chi connectivity index (χ0v) is 14.5. The number of nitrogens with zero attached hydrogens (tertiary/aromatic N) is 2. The summed E-state index contributed by atoms with van der Waals surface area (Å²) in [6.07, 6.45) is 5.41. The summed E-state index contributed by atoms with van der Waals surface area (Å²) in [7, 11) is -3.35. The molecule has 2 aromatic rings. The highest BCUT2D eigenvalue weighted by Crippen LogP contribution is 2.22. The van der Waals surface area contributed by atoms with Crippen molar-refractivity contribution in [3.63, 3.8) is 0 Å². The minimum atomic E-state index is -3.35. The maximum absolute atomic E-state index is 12.1. The molecule has 0 unspecified atom stereocenters. The fourth-order valence-electron chi connectivity index (χ4n) is 2.89. The molecule has 0 bridgehead atoms. The standard InChI is InChI=1S/C17H23N3O3S/c1-2-3-6-11-24(21,22)19-14-7-8-16-15(12-14)18-17(23-16)13-20-9-4-5-10-20/h2,7-8,12,19H,1,3-6,9-11,13H2. The number of nitrogens with one attached hydrogen (secondary N) is 1. The third-order valence-electron chi connectivity index (χ3n) is 4.08. The van der Waals surface area contributed by atoms with E-state index < -0.39 is 10.0 Å². The van der Waals surface area contributed by atoms with Gasteiger partial charge in [0.15, 0.2) is 5.58 Å². The summed E-state index contributed by atoms with van der Waals surface area (Å²) in [5.41, 5.74) is 1.87. The van der Waals surface area contributed by atoms with E-state index in [4.69, 9.17) is 4.42 Å². The minimum absolute atomic E-state index is 0.0794. The molecule has 0 amide bonds. The van der Waals surface area contributed by atoms with Crippen molar-refractivity contribution in [2.45, 2.75) is 32.2 Å². The first-order valence-electron chi connectivity index (χ1n) is 8.29. The lowest BCUT2D eigenvalue weighted by molar-refractivity contribution is 0.295. The lowest BCUT2D eigenvalue weighted by Crippen LogP contribution is -2.18. The third-order valence-corrected chi connectivity index (χ3v) is 5.46. The highest BCUT2D eigenvalue weighted by Gasteiger charge is 2.16. The van der Waals surface area contributed by atoms with Gasteiger partial charge >= 0.3 is 0 Å². The van der Waals surface area contributed by atoms with E-state index in [2.05, 4.69) is 21.2 Å². The molecule has 1 aromatic heterocycles. The average Bonchev–Trinajstić information content (AvgIpc) is 3.16. The van der Waals surface area contributed by atoms with Crippen LogP contribution in [0.4, 0.5) is 5.69 Å². The summed E-state index contributed by atoms with van der Waals surface area (Å²) in [4.78, 5) is 6.80. The first kappa shape index (κ1) is 17.0. The maximum Gasteiger partial charge on any atom is 0.232 e. The number of sulfonamides is 1. The molecule has 0 saturated carbocycles. The van der Waals surface area contributed by atoms with Crippen LogP contribution in [0.1, 0.15) is 31.6 Å². The van der Waals surface area contributed by atoms with Gasteiger partial charge in [-0.3, -0.25) is 9.62 Å². The molecule has 0 aliphatic carbocycles. The molecule has 1 aliphatic heterocycles. The van der Waals surface area contributed by atoms with E-state index in [0.717, 1.165) is 13.1 Å². The van der Waals surface area contributed by atoms with Crippen LogP contribution in [0, 0.1) is 0 Å². The monoisotopic (exact) mass is 349 g/mol. The number of aromatic nitrogens is 1. The van der Waals surface area contributed by atoms with Gasteiger partial charge in [-0.05, 0) is 57.0 Å². The predicted molar refractivity (Wildman–Crippen MR) is 95.4 cm³/mol. The SMILES string of the molecule is C=CCCCS(=O)(=O)Nc1ccc2oc(CN3CCCC3)nc2c1. The molecule has 1 aliphatic rings. The molecule has 0 atom stereocenters. The van der Waals surface area contributed by atoms with Crippen molar-refractivity contribution in [3.05, 3.63) is 36.7 Å². The molecule has 1 N–H and O–H groups in total. The van der Waals surface area contributed by atoms with Gasteiger partial charge in [-0.25, -0.2) is 13.4 Å². The van der Waals surface area contributed by atoms with Gasteiger partial charge in [-0.1, -0.05) is 6.08 Å². The van der Waals surface area contributed by atoms with E-state index in [0.29, 0.717) is 42.1 Å². The van der Waals surface area contributed by atoms with Crippen LogP contribution in [0.5, 0.6) is 0 Å². The van der Waals surface area contributed by atoms with Crippen molar-refractivity contribution in [1.82, 2.24) is 9.88 Å². The summed E-state index contributed by atoms with van der Waals surface area (Å²) in [6, 6.07) is 5.19. The molecule has 7 heteroatoms. The molecule has 24 heavy (non-hydrogen) atoms. The quantitative estimate of drug-likeness (QED) is 0.585. The Hall–Kier alpha value is -1.86. The van der Waals surface area contributed by atoms with Gasteiger partial charge in [0.1, 0.15) is 5.52 Å². The molecular weight excluding hydrogens is 326 g/mol. The summed E-state index contributed by atoms with van der Waals surface area (Å²) in [5.74, 6) is 0.758. The Balaban J connectivity index is 1.69. The molecule has 0 spiro atoms. The molecule has 0 radical (unpaired) electrons. The van der Waals surface area contributed by atoms with E-state index in [1.165, 1.54) is 12.8 Å². The lowest BCUT2D eigenvalue weighted by Gasteiger charge is -2.10. The number of unbranched alkanes of at least 4 members (excludes halogenated alkanes) is 1. The summed E-state index contributed by atoms with van der Waals surface area (Å²) in [5, 5.41) is 0. The predicted octanol–water partition coefficient (Wildman–Crippen LogP) is 3.13. The Kier molecular flexibility index (Phi) is 5.20. The Bertz CT molecular complexity index is 808. The summed E-state index contributed by atoms with van der Waals surface area (Å²) in [6.45, 7) is 6.46. The van der Waals surface area contributed by atoms with Crippen molar-refractivity contribution in [2.75, 3.05) is 23.6 Å². The van der Waals surface area contributed by atoms with Crippen molar-refractivity contribution in [3.8, 4) is 0 Å². The molecule has 130 valence electrons. The van der Waals surface area contributed by atoms with Crippen molar-refractivity contribution < 1.29 is 12.8 Å². The lowest BCUT2D eigenvalue weighted by atomic mass is 10.3. The highest BCUT2D eigenvalue weighted by atomic mass is 32.2. The molecule has 1 aromatic carbocycles. The van der Waals surface area contributed by atoms with E-state index >= 15 is 0 Å². The molecule has 1 fully saturated rings. The zero-order chi connectivity index (χ0) is 17.0. The number of fused-ring (bicyclic) bond motifs is 1. The molecule has 1 saturated heterocycles. The van der Waals surface area contributed by atoms with Gasteiger partial charge in [0.25, 0.3) is 0 Å². The van der Waals surface area contributed by atoms with Crippen molar-refractivity contribution in [2.24, 2.45) is 0 Å². The fourth-order valence-corrected chi connectivity index (χ4v) is 4.02.